The third-order valence-electron chi connectivity index (χ3n) is 9.26. The van der Waals surface area contributed by atoms with Gasteiger partial charge in [-0.1, -0.05) is 47.5 Å². The van der Waals surface area contributed by atoms with Gasteiger partial charge in [-0.2, -0.15) is 0 Å². The van der Waals surface area contributed by atoms with Crippen molar-refractivity contribution in [2.45, 2.75) is 86.2 Å². The summed E-state index contributed by atoms with van der Waals surface area (Å²) in [4.78, 5) is 25.6. The summed E-state index contributed by atoms with van der Waals surface area (Å²) >= 11 is 0. The highest BCUT2D eigenvalue weighted by molar-refractivity contribution is 5.94. The number of hydrogen-bond acceptors (Lipinski definition) is 3. The molecule has 3 nitrogen and oxygen atoms in total. The molecule has 1 spiro atoms. The first kappa shape index (κ1) is 17.5. The summed E-state index contributed by atoms with van der Waals surface area (Å²) < 4.78 is 5.90. The molecule has 0 bridgehead atoms. The van der Waals surface area contributed by atoms with Crippen LogP contribution in [-0.2, 0) is 14.3 Å². The van der Waals surface area contributed by atoms with E-state index in [0.29, 0.717) is 23.5 Å². The number of carbonyl (C=O) groups is 2. The maximum atomic E-state index is 13.7. The van der Waals surface area contributed by atoms with Gasteiger partial charge >= 0.3 is 5.97 Å². The number of rotatable bonds is 1. The summed E-state index contributed by atoms with van der Waals surface area (Å²) in [6.07, 6.45) is 6.67. The van der Waals surface area contributed by atoms with Crippen LogP contribution in [0.2, 0.25) is 0 Å². The number of carbonyl (C=O) groups excluding carboxylic acids is 2. The van der Waals surface area contributed by atoms with Crippen molar-refractivity contribution in [3.8, 4) is 0 Å². The second kappa shape index (κ2) is 4.89. The zero-order valence-corrected chi connectivity index (χ0v) is 16.8. The van der Waals surface area contributed by atoms with E-state index in [1.165, 1.54) is 32.6 Å². The lowest BCUT2D eigenvalue weighted by Gasteiger charge is -2.53. The normalized spacial score (nSPS) is 53.3. The van der Waals surface area contributed by atoms with E-state index in [4.69, 9.17) is 4.74 Å². The molecule has 0 aromatic carbocycles. The van der Waals surface area contributed by atoms with Gasteiger partial charge in [-0.25, -0.2) is 0 Å². The van der Waals surface area contributed by atoms with Gasteiger partial charge < -0.3 is 4.74 Å². The fraction of sp³-hybridized carbons (Fsp3) is 0.909. The van der Waals surface area contributed by atoms with Crippen molar-refractivity contribution >= 4 is 11.8 Å². The lowest BCUT2D eigenvalue weighted by Crippen LogP contribution is -2.51. The number of hydrogen-bond donors (Lipinski definition) is 0. The van der Waals surface area contributed by atoms with Crippen molar-refractivity contribution in [3.05, 3.63) is 0 Å². The fourth-order valence-corrected chi connectivity index (χ4v) is 8.91. The number of ketones is 1. The van der Waals surface area contributed by atoms with E-state index >= 15 is 0 Å². The molecule has 0 saturated heterocycles. The molecule has 0 N–H and O–H groups in total. The van der Waals surface area contributed by atoms with Crippen molar-refractivity contribution < 1.29 is 14.3 Å². The van der Waals surface area contributed by atoms with Crippen LogP contribution in [0.1, 0.15) is 80.1 Å². The Morgan fingerprint density at radius 3 is 2.44 bits per heavy atom. The zero-order chi connectivity index (χ0) is 18.4. The monoisotopic (exact) mass is 346 g/mol. The van der Waals surface area contributed by atoms with Crippen LogP contribution in [-0.4, -0.2) is 17.9 Å². The third-order valence-corrected chi connectivity index (χ3v) is 9.26. The Bertz CT molecular complexity index is 637. The van der Waals surface area contributed by atoms with Crippen LogP contribution in [0.25, 0.3) is 0 Å². The third kappa shape index (κ3) is 1.74. The molecule has 4 aliphatic carbocycles. The number of ether oxygens (including phenoxy) is 1. The Morgan fingerprint density at radius 2 is 1.80 bits per heavy atom. The molecule has 0 aliphatic heterocycles. The highest BCUT2D eigenvalue weighted by atomic mass is 16.5. The molecule has 4 aliphatic rings. The zero-order valence-electron chi connectivity index (χ0n) is 16.8. The average molecular weight is 347 g/mol. The van der Waals surface area contributed by atoms with Crippen molar-refractivity contribution in [1.82, 2.24) is 0 Å². The van der Waals surface area contributed by atoms with Crippen LogP contribution in [0.15, 0.2) is 0 Å². The summed E-state index contributed by atoms with van der Waals surface area (Å²) in [7, 11) is 0. The molecule has 0 radical (unpaired) electrons. The molecule has 25 heavy (non-hydrogen) atoms. The van der Waals surface area contributed by atoms with Gasteiger partial charge in [0.1, 0.15) is 11.9 Å². The Hall–Kier alpha value is -0.860. The molecule has 140 valence electrons. The van der Waals surface area contributed by atoms with Crippen LogP contribution in [0.5, 0.6) is 0 Å². The minimum Gasteiger partial charge on any atom is -0.462 e. The fourth-order valence-electron chi connectivity index (χ4n) is 8.91. The maximum absolute atomic E-state index is 13.7. The van der Waals surface area contributed by atoms with Gasteiger partial charge in [-0.15, -0.1) is 0 Å². The summed E-state index contributed by atoms with van der Waals surface area (Å²) in [5, 5.41) is 0. The molecule has 0 aromatic heterocycles. The first-order chi connectivity index (χ1) is 11.5. The molecular weight excluding hydrogens is 312 g/mol. The lowest BCUT2D eigenvalue weighted by atomic mass is 9.50. The molecule has 0 aromatic rings. The van der Waals surface area contributed by atoms with Crippen molar-refractivity contribution in [2.75, 3.05) is 0 Å². The van der Waals surface area contributed by atoms with Crippen molar-refractivity contribution in [3.63, 3.8) is 0 Å². The Kier molecular flexibility index (Phi) is 3.44. The smallest absolute Gasteiger partial charge is 0.302 e. The Balaban J connectivity index is 1.98. The van der Waals surface area contributed by atoms with Gasteiger partial charge in [-0.05, 0) is 48.3 Å². The lowest BCUT2D eigenvalue weighted by molar-refractivity contribution is -0.153. The second-order valence-electron chi connectivity index (χ2n) is 10.7. The van der Waals surface area contributed by atoms with Crippen LogP contribution in [0, 0.1) is 39.4 Å². The molecule has 4 saturated carbocycles. The van der Waals surface area contributed by atoms with Gasteiger partial charge in [0.05, 0.1) is 0 Å². The quantitative estimate of drug-likeness (QED) is 0.642. The van der Waals surface area contributed by atoms with Crippen LogP contribution in [0.4, 0.5) is 0 Å². The molecule has 7 atom stereocenters. The predicted octanol–water partition coefficient (Wildman–Crippen LogP) is 4.78. The van der Waals surface area contributed by atoms with E-state index in [-0.39, 0.29) is 33.7 Å². The van der Waals surface area contributed by atoms with Crippen molar-refractivity contribution in [1.29, 1.82) is 0 Å². The molecule has 0 amide bonds. The molecule has 0 heterocycles. The first-order valence-electron chi connectivity index (χ1n) is 10.2. The van der Waals surface area contributed by atoms with Crippen LogP contribution < -0.4 is 0 Å². The summed E-state index contributed by atoms with van der Waals surface area (Å²) in [6, 6.07) is 0. The van der Waals surface area contributed by atoms with Crippen LogP contribution in [0.3, 0.4) is 0 Å². The first-order valence-corrected chi connectivity index (χ1v) is 10.2. The highest BCUT2D eigenvalue weighted by Gasteiger charge is 2.83. The van der Waals surface area contributed by atoms with Crippen molar-refractivity contribution in [2.24, 2.45) is 39.4 Å². The Labute approximate surface area is 152 Å². The molecule has 4 rings (SSSR count). The van der Waals surface area contributed by atoms with E-state index < -0.39 is 0 Å². The average Bonchev–Trinajstić information content (AvgIpc) is 2.94. The molecule has 4 fully saturated rings. The van der Waals surface area contributed by atoms with E-state index in [2.05, 4.69) is 34.6 Å². The van der Waals surface area contributed by atoms with E-state index in [1.807, 2.05) is 0 Å². The summed E-state index contributed by atoms with van der Waals surface area (Å²) in [5.74, 6) is 1.50. The van der Waals surface area contributed by atoms with Crippen LogP contribution >= 0.6 is 0 Å². The summed E-state index contributed by atoms with van der Waals surface area (Å²) in [6.45, 7) is 12.9. The molecule has 0 unspecified atom stereocenters. The largest absolute Gasteiger partial charge is 0.462 e. The minimum atomic E-state index is -0.351. The van der Waals surface area contributed by atoms with Gasteiger partial charge in [0.15, 0.2) is 0 Å². The number of Topliss-reactive ketones (excluding diaryl/α,β-unsaturated/α-hetero) is 1. The molecule has 3 heteroatoms. The topological polar surface area (TPSA) is 43.4 Å². The second-order valence-corrected chi connectivity index (χ2v) is 10.7. The summed E-state index contributed by atoms with van der Waals surface area (Å²) in [5.41, 5.74) is -0.414. The van der Waals surface area contributed by atoms with Gasteiger partial charge in [-0.3, -0.25) is 9.59 Å². The number of esters is 1. The van der Waals surface area contributed by atoms with E-state index in [0.717, 1.165) is 12.8 Å². The van der Waals surface area contributed by atoms with Gasteiger partial charge in [0.2, 0.25) is 0 Å². The van der Waals surface area contributed by atoms with E-state index in [1.54, 1.807) is 0 Å². The standard InChI is InChI=1S/C22H34O3/c1-13-8-7-10-20(5)11-9-16-19(3,4)18(24)21(6)12-15(25-14(2)23)17(13)22(16,20)21/h13,15-17H,7-12H2,1-6H3/t13-,15-,16-,17-,20+,21-,22-/m1/s1. The van der Waals surface area contributed by atoms with Gasteiger partial charge in [0.25, 0.3) is 0 Å². The van der Waals surface area contributed by atoms with E-state index in [9.17, 15) is 9.59 Å². The SMILES string of the molecule is CC(=O)O[C@@H]1C[C@]2(C)C(=O)C(C)(C)[C@H]3CC[C@]4(C)CCC[C@@H](C)[C@H]1[C@]342. The van der Waals surface area contributed by atoms with Gasteiger partial charge in [0, 0.05) is 23.7 Å². The molecular formula is C22H34O3. The Morgan fingerprint density at radius 1 is 1.12 bits per heavy atom. The minimum absolute atomic E-state index is 0.00336. The highest BCUT2D eigenvalue weighted by Crippen LogP contribution is 2.83. The predicted molar refractivity (Wildman–Crippen MR) is 96.8 cm³/mol. The maximum Gasteiger partial charge on any atom is 0.302 e.